The molecule has 0 aromatic rings. The average molecular weight is 119 g/mol. The van der Waals surface area contributed by atoms with Crippen molar-refractivity contribution in [2.75, 3.05) is 13.9 Å². The third-order valence-electron chi connectivity index (χ3n) is 0.393. The molecule has 0 aliphatic heterocycles. The van der Waals surface area contributed by atoms with Crippen molar-refractivity contribution in [3.05, 3.63) is 0 Å². The maximum atomic E-state index is 10.0. The molecule has 48 valence electrons. The van der Waals surface area contributed by atoms with Gasteiger partial charge >= 0.3 is 0 Å². The first-order valence-corrected chi connectivity index (χ1v) is 2.14. The van der Waals surface area contributed by atoms with E-state index in [4.69, 9.17) is 0 Å². The van der Waals surface area contributed by atoms with Gasteiger partial charge in [0.1, 0.15) is 0 Å². The van der Waals surface area contributed by atoms with Gasteiger partial charge in [0.2, 0.25) is 5.91 Å². The first-order chi connectivity index (χ1) is 3.77. The van der Waals surface area contributed by atoms with Crippen molar-refractivity contribution < 1.29 is 14.4 Å². The molecule has 0 heterocycles. The average Bonchev–Trinajstić information content (AvgIpc) is 1.66. The lowest BCUT2D eigenvalue weighted by molar-refractivity contribution is -0.142. The van der Waals surface area contributed by atoms with Crippen LogP contribution in [0.2, 0.25) is 0 Å². The van der Waals surface area contributed by atoms with Gasteiger partial charge < -0.3 is 4.74 Å². The van der Waals surface area contributed by atoms with Crippen LogP contribution in [-0.2, 0) is 14.4 Å². The Bertz CT molecular complexity index is 73.7. The van der Waals surface area contributed by atoms with Crippen LogP contribution in [0.4, 0.5) is 0 Å². The summed E-state index contributed by atoms with van der Waals surface area (Å²) < 4.78 is 4.46. The fraction of sp³-hybridized carbons (Fsp3) is 0.750. The Kier molecular flexibility index (Phi) is 4.20. The zero-order chi connectivity index (χ0) is 6.41. The topological polar surface area (TPSA) is 47.6 Å². The Hall–Kier alpha value is -0.610. The van der Waals surface area contributed by atoms with Crippen LogP contribution in [0.1, 0.15) is 6.92 Å². The predicted molar refractivity (Wildman–Crippen MR) is 26.8 cm³/mol. The maximum absolute atomic E-state index is 10.0. The van der Waals surface area contributed by atoms with Gasteiger partial charge in [0.05, 0.1) is 0 Å². The number of rotatable bonds is 3. The van der Waals surface area contributed by atoms with Gasteiger partial charge in [-0.15, -0.1) is 0 Å². The van der Waals surface area contributed by atoms with Crippen molar-refractivity contribution in [2.45, 2.75) is 6.92 Å². The van der Waals surface area contributed by atoms with Crippen LogP contribution in [0, 0.1) is 0 Å². The summed E-state index contributed by atoms with van der Waals surface area (Å²) in [5.41, 5.74) is 2.08. The van der Waals surface area contributed by atoms with Crippen LogP contribution in [0.5, 0.6) is 0 Å². The standard InChI is InChI=1S/C4H9NO3/c1-4(6)5-8-3-7-2/h3H2,1-2H3,(H,5,6). The normalized spacial score (nSPS) is 8.75. The first kappa shape index (κ1) is 7.39. The van der Waals surface area contributed by atoms with E-state index in [1.807, 2.05) is 0 Å². The third-order valence-corrected chi connectivity index (χ3v) is 0.393. The second kappa shape index (κ2) is 4.55. The van der Waals surface area contributed by atoms with Gasteiger partial charge in [-0.3, -0.25) is 4.79 Å². The first-order valence-electron chi connectivity index (χ1n) is 2.14. The number of nitrogens with one attached hydrogen (secondary N) is 1. The lowest BCUT2D eigenvalue weighted by Gasteiger charge is -1.98. The second-order valence-corrected chi connectivity index (χ2v) is 1.21. The van der Waals surface area contributed by atoms with Crippen molar-refractivity contribution in [2.24, 2.45) is 0 Å². The minimum Gasteiger partial charge on any atom is -0.356 e. The van der Waals surface area contributed by atoms with Crippen LogP contribution < -0.4 is 5.48 Å². The lowest BCUT2D eigenvalue weighted by Crippen LogP contribution is -2.21. The molecule has 0 saturated heterocycles. The number of carbonyl (C=O) groups excluding carboxylic acids is 1. The minimum absolute atomic E-state index is 0.0829. The largest absolute Gasteiger partial charge is 0.356 e. The lowest BCUT2D eigenvalue weighted by atomic mass is 10.8. The van der Waals surface area contributed by atoms with Crippen molar-refractivity contribution in [3.8, 4) is 0 Å². The minimum atomic E-state index is -0.234. The molecule has 0 spiro atoms. The number of hydrogen-bond acceptors (Lipinski definition) is 3. The van der Waals surface area contributed by atoms with E-state index in [2.05, 4.69) is 15.1 Å². The van der Waals surface area contributed by atoms with Gasteiger partial charge in [-0.25, -0.2) is 10.3 Å². The molecule has 1 N–H and O–H groups in total. The maximum Gasteiger partial charge on any atom is 0.240 e. The van der Waals surface area contributed by atoms with Crippen LogP contribution in [0.3, 0.4) is 0 Å². The smallest absolute Gasteiger partial charge is 0.240 e. The Labute approximate surface area is 47.7 Å². The van der Waals surface area contributed by atoms with Gasteiger partial charge in [-0.2, -0.15) is 0 Å². The zero-order valence-electron chi connectivity index (χ0n) is 4.93. The number of ether oxygens (including phenoxy) is 1. The Morgan fingerprint density at radius 1 is 1.75 bits per heavy atom. The summed E-state index contributed by atoms with van der Waals surface area (Å²) in [6.07, 6.45) is 0. The van der Waals surface area contributed by atoms with Crippen LogP contribution in [0.25, 0.3) is 0 Å². The fourth-order valence-electron chi connectivity index (χ4n) is 0.190. The molecule has 0 bridgehead atoms. The summed E-state index contributed by atoms with van der Waals surface area (Å²) in [5.74, 6) is -0.234. The monoisotopic (exact) mass is 119 g/mol. The zero-order valence-corrected chi connectivity index (χ0v) is 4.93. The molecule has 0 saturated carbocycles. The van der Waals surface area contributed by atoms with E-state index in [-0.39, 0.29) is 12.7 Å². The molecule has 4 heteroatoms. The highest BCUT2D eigenvalue weighted by atomic mass is 16.8. The number of hydrogen-bond donors (Lipinski definition) is 1. The predicted octanol–water partition coefficient (Wildman–Crippen LogP) is -0.342. The van der Waals surface area contributed by atoms with E-state index < -0.39 is 0 Å². The SMILES string of the molecule is COCONC(C)=O. The molecule has 1 amide bonds. The van der Waals surface area contributed by atoms with E-state index in [1.54, 1.807) is 0 Å². The quantitative estimate of drug-likeness (QED) is 0.314. The molecule has 0 fully saturated rings. The van der Waals surface area contributed by atoms with Gasteiger partial charge in [0.15, 0.2) is 6.79 Å². The summed E-state index contributed by atoms with van der Waals surface area (Å²) in [6, 6.07) is 0. The highest BCUT2D eigenvalue weighted by molar-refractivity contribution is 5.71. The molecule has 0 atom stereocenters. The molecule has 0 rings (SSSR count). The molecular formula is C4H9NO3. The molecule has 0 aliphatic carbocycles. The van der Waals surface area contributed by atoms with Crippen LogP contribution >= 0.6 is 0 Å². The van der Waals surface area contributed by atoms with Gasteiger partial charge in [-0.1, -0.05) is 0 Å². The number of amides is 1. The van der Waals surface area contributed by atoms with E-state index >= 15 is 0 Å². The molecular weight excluding hydrogens is 110 g/mol. The number of hydroxylamine groups is 1. The van der Waals surface area contributed by atoms with E-state index in [0.29, 0.717) is 0 Å². The van der Waals surface area contributed by atoms with Crippen molar-refractivity contribution in [1.82, 2.24) is 5.48 Å². The molecule has 0 unspecified atom stereocenters. The fourth-order valence-corrected chi connectivity index (χ4v) is 0.190. The number of methoxy groups -OCH3 is 1. The van der Waals surface area contributed by atoms with Gasteiger partial charge in [0.25, 0.3) is 0 Å². The van der Waals surface area contributed by atoms with Crippen molar-refractivity contribution >= 4 is 5.91 Å². The van der Waals surface area contributed by atoms with Crippen LogP contribution in [-0.4, -0.2) is 19.8 Å². The molecule has 0 aliphatic rings. The molecule has 4 nitrogen and oxygen atoms in total. The second-order valence-electron chi connectivity index (χ2n) is 1.21. The molecule has 0 aromatic heterocycles. The third kappa shape index (κ3) is 5.39. The van der Waals surface area contributed by atoms with E-state index in [1.165, 1.54) is 14.0 Å². The Balaban J connectivity index is 2.82. The molecule has 8 heavy (non-hydrogen) atoms. The summed E-state index contributed by atoms with van der Waals surface area (Å²) >= 11 is 0. The van der Waals surface area contributed by atoms with Gasteiger partial charge in [0, 0.05) is 14.0 Å². The molecule has 0 radical (unpaired) electrons. The van der Waals surface area contributed by atoms with Crippen molar-refractivity contribution in [1.29, 1.82) is 0 Å². The summed E-state index contributed by atoms with van der Waals surface area (Å²) in [4.78, 5) is 14.4. The Morgan fingerprint density at radius 2 is 2.38 bits per heavy atom. The summed E-state index contributed by atoms with van der Waals surface area (Å²) in [5, 5.41) is 0. The van der Waals surface area contributed by atoms with Crippen molar-refractivity contribution in [3.63, 3.8) is 0 Å². The highest BCUT2D eigenvalue weighted by Crippen LogP contribution is 1.66. The number of carbonyl (C=O) groups is 1. The molecule has 0 aromatic carbocycles. The summed E-state index contributed by atoms with van der Waals surface area (Å²) in [7, 11) is 1.47. The van der Waals surface area contributed by atoms with E-state index in [9.17, 15) is 4.79 Å². The van der Waals surface area contributed by atoms with E-state index in [0.717, 1.165) is 0 Å². The Morgan fingerprint density at radius 3 is 2.75 bits per heavy atom. The summed E-state index contributed by atoms with van der Waals surface area (Å²) in [6.45, 7) is 1.44. The highest BCUT2D eigenvalue weighted by Gasteiger charge is 1.85. The van der Waals surface area contributed by atoms with Gasteiger partial charge in [-0.05, 0) is 0 Å². The van der Waals surface area contributed by atoms with Crippen LogP contribution in [0.15, 0.2) is 0 Å².